The van der Waals surface area contributed by atoms with Crippen LogP contribution in [-0.4, -0.2) is 43.8 Å². The minimum absolute atomic E-state index is 0.189. The largest absolute Gasteiger partial charge is 0.486 e. The first-order valence-electron chi connectivity index (χ1n) is 8.54. The molecule has 0 spiro atoms. The monoisotopic (exact) mass is 359 g/mol. The van der Waals surface area contributed by atoms with Crippen molar-refractivity contribution in [2.75, 3.05) is 19.3 Å². The van der Waals surface area contributed by atoms with Gasteiger partial charge in [0.25, 0.3) is 0 Å². The fourth-order valence-corrected chi connectivity index (χ4v) is 4.15. The highest BCUT2D eigenvalue weighted by Gasteiger charge is 2.32. The molecule has 2 aliphatic heterocycles. The first kappa shape index (κ1) is 16.5. The zero-order valence-corrected chi connectivity index (χ0v) is 14.9. The van der Waals surface area contributed by atoms with E-state index in [2.05, 4.69) is 15.3 Å². The summed E-state index contributed by atoms with van der Waals surface area (Å²) in [6, 6.07) is 6.68. The third-order valence-corrected chi connectivity index (χ3v) is 6.08. The van der Waals surface area contributed by atoms with E-state index in [1.165, 1.54) is 6.26 Å². The number of piperidine rings is 1. The Balaban J connectivity index is 1.55. The van der Waals surface area contributed by atoms with Crippen LogP contribution in [0.15, 0.2) is 35.4 Å². The van der Waals surface area contributed by atoms with E-state index in [9.17, 15) is 8.42 Å². The van der Waals surface area contributed by atoms with Gasteiger partial charge in [-0.15, -0.1) is 0 Å². The summed E-state index contributed by atoms with van der Waals surface area (Å²) in [4.78, 5) is 9.35. The number of nitrogens with one attached hydrogen (secondary N) is 1. The second-order valence-corrected chi connectivity index (χ2v) is 8.76. The Morgan fingerprint density at radius 1 is 1.16 bits per heavy atom. The lowest BCUT2D eigenvalue weighted by atomic mass is 9.90. The lowest BCUT2D eigenvalue weighted by Crippen LogP contribution is -2.36. The average molecular weight is 359 g/mol. The quantitative estimate of drug-likeness (QED) is 0.901. The van der Waals surface area contributed by atoms with Crippen molar-refractivity contribution in [3.8, 4) is 17.1 Å². The van der Waals surface area contributed by atoms with Crippen molar-refractivity contribution in [3.63, 3.8) is 0 Å². The molecule has 1 N–H and O–H groups in total. The third-order valence-electron chi connectivity index (χ3n) is 4.95. The van der Waals surface area contributed by atoms with Gasteiger partial charge in [-0.3, -0.25) is 0 Å². The van der Waals surface area contributed by atoms with E-state index in [1.807, 2.05) is 0 Å². The molecular formula is C18H21N3O3S. The van der Waals surface area contributed by atoms with Crippen LogP contribution in [0.1, 0.15) is 18.5 Å². The minimum Gasteiger partial charge on any atom is -0.486 e. The van der Waals surface area contributed by atoms with Gasteiger partial charge in [-0.05, 0) is 56.1 Å². The summed E-state index contributed by atoms with van der Waals surface area (Å²) >= 11 is 0. The molecule has 1 fully saturated rings. The zero-order chi connectivity index (χ0) is 17.4. The van der Waals surface area contributed by atoms with Crippen molar-refractivity contribution in [3.05, 3.63) is 36.2 Å². The van der Waals surface area contributed by atoms with Crippen molar-refractivity contribution in [1.82, 2.24) is 15.3 Å². The Morgan fingerprint density at radius 3 is 2.56 bits per heavy atom. The van der Waals surface area contributed by atoms with Gasteiger partial charge in [-0.1, -0.05) is 0 Å². The highest BCUT2D eigenvalue weighted by Crippen LogP contribution is 2.34. The van der Waals surface area contributed by atoms with Crippen molar-refractivity contribution in [1.29, 1.82) is 0 Å². The molecule has 0 aliphatic carbocycles. The van der Waals surface area contributed by atoms with Gasteiger partial charge in [0.2, 0.25) is 0 Å². The normalized spacial score (nSPS) is 20.9. The van der Waals surface area contributed by atoms with Gasteiger partial charge in [0.15, 0.2) is 21.4 Å². The highest BCUT2D eigenvalue weighted by atomic mass is 32.2. The molecule has 6 nitrogen and oxygen atoms in total. The van der Waals surface area contributed by atoms with Crippen LogP contribution in [0.2, 0.25) is 0 Å². The second-order valence-electron chi connectivity index (χ2n) is 6.75. The van der Waals surface area contributed by atoms with Gasteiger partial charge in [-0.25, -0.2) is 18.4 Å². The molecule has 0 amide bonds. The zero-order valence-electron chi connectivity index (χ0n) is 14.1. The molecule has 1 atom stereocenters. The third kappa shape index (κ3) is 3.39. The van der Waals surface area contributed by atoms with E-state index < -0.39 is 9.84 Å². The molecule has 0 radical (unpaired) electrons. The highest BCUT2D eigenvalue weighted by molar-refractivity contribution is 7.90. The van der Waals surface area contributed by atoms with E-state index in [-0.39, 0.29) is 6.10 Å². The smallest absolute Gasteiger partial charge is 0.175 e. The summed E-state index contributed by atoms with van der Waals surface area (Å²) in [7, 11) is -3.20. The Bertz CT molecular complexity index is 875. The number of ether oxygens (including phenoxy) is 1. The number of rotatable bonds is 3. The number of aromatic nitrogens is 2. The molecule has 1 saturated heterocycles. The molecule has 2 aromatic rings. The summed E-state index contributed by atoms with van der Waals surface area (Å²) in [6.45, 7) is 2.09. The predicted octanol–water partition coefficient (Wildman–Crippen LogP) is 1.85. The van der Waals surface area contributed by atoms with Crippen LogP contribution in [-0.2, 0) is 16.3 Å². The Kier molecular flexibility index (Phi) is 4.21. The van der Waals surface area contributed by atoms with E-state index in [0.29, 0.717) is 16.6 Å². The van der Waals surface area contributed by atoms with Gasteiger partial charge < -0.3 is 10.1 Å². The molecule has 132 valence electrons. The molecule has 0 saturated carbocycles. The fraction of sp³-hybridized carbons (Fsp3) is 0.444. The van der Waals surface area contributed by atoms with E-state index in [0.717, 1.165) is 49.4 Å². The Morgan fingerprint density at radius 2 is 1.88 bits per heavy atom. The summed E-state index contributed by atoms with van der Waals surface area (Å²) in [5, 5.41) is 3.38. The van der Waals surface area contributed by atoms with Crippen LogP contribution < -0.4 is 10.1 Å². The van der Waals surface area contributed by atoms with Crippen LogP contribution in [0.3, 0.4) is 0 Å². The second kappa shape index (κ2) is 6.38. The topological polar surface area (TPSA) is 81.2 Å². The Labute approximate surface area is 147 Å². The number of benzene rings is 1. The number of hydrogen-bond donors (Lipinski definition) is 1. The van der Waals surface area contributed by atoms with Crippen molar-refractivity contribution < 1.29 is 13.2 Å². The standard InChI is InChI=1S/C18H21N3O3S/c1-25(22,23)14-4-2-13(3-5-14)18-20-11-17-15(21-18)10-16(24-17)12-6-8-19-9-7-12/h2-5,11-12,16,19H,6-10H2,1H3/t16-/m1/s1. The van der Waals surface area contributed by atoms with Gasteiger partial charge in [0.05, 0.1) is 16.8 Å². The van der Waals surface area contributed by atoms with Gasteiger partial charge in [0.1, 0.15) is 6.10 Å². The van der Waals surface area contributed by atoms with Crippen molar-refractivity contribution >= 4 is 9.84 Å². The summed E-state index contributed by atoms with van der Waals surface area (Å²) in [5.74, 6) is 1.95. The molecule has 7 heteroatoms. The summed E-state index contributed by atoms with van der Waals surface area (Å²) in [6.07, 6.45) is 6.21. The number of fused-ring (bicyclic) bond motifs is 1. The van der Waals surface area contributed by atoms with Gasteiger partial charge in [0, 0.05) is 18.2 Å². The van der Waals surface area contributed by atoms with Crippen LogP contribution in [0.5, 0.6) is 5.75 Å². The molecule has 2 aliphatic rings. The predicted molar refractivity (Wildman–Crippen MR) is 94.3 cm³/mol. The number of hydrogen-bond acceptors (Lipinski definition) is 6. The van der Waals surface area contributed by atoms with Crippen LogP contribution in [0.4, 0.5) is 0 Å². The molecule has 0 unspecified atom stereocenters. The molecule has 0 bridgehead atoms. The summed E-state index contributed by atoms with van der Waals surface area (Å²) < 4.78 is 29.2. The van der Waals surface area contributed by atoms with Crippen LogP contribution >= 0.6 is 0 Å². The average Bonchev–Trinajstić information content (AvgIpc) is 3.05. The lowest BCUT2D eigenvalue weighted by molar-refractivity contribution is 0.133. The number of sulfone groups is 1. The molecule has 3 heterocycles. The van der Waals surface area contributed by atoms with Gasteiger partial charge >= 0.3 is 0 Å². The molecule has 1 aromatic carbocycles. The van der Waals surface area contributed by atoms with E-state index in [1.54, 1.807) is 30.5 Å². The maximum Gasteiger partial charge on any atom is 0.175 e. The molecule has 4 rings (SSSR count). The van der Waals surface area contributed by atoms with E-state index in [4.69, 9.17) is 4.74 Å². The maximum absolute atomic E-state index is 11.6. The minimum atomic E-state index is -3.20. The van der Waals surface area contributed by atoms with Crippen molar-refractivity contribution in [2.24, 2.45) is 5.92 Å². The van der Waals surface area contributed by atoms with Crippen LogP contribution in [0, 0.1) is 5.92 Å². The number of nitrogens with zero attached hydrogens (tertiary/aromatic N) is 2. The maximum atomic E-state index is 11.6. The molecule has 25 heavy (non-hydrogen) atoms. The summed E-state index contributed by atoms with van der Waals surface area (Å²) in [5.41, 5.74) is 1.75. The molecular weight excluding hydrogens is 338 g/mol. The van der Waals surface area contributed by atoms with Gasteiger partial charge in [-0.2, -0.15) is 0 Å². The van der Waals surface area contributed by atoms with Crippen molar-refractivity contribution in [2.45, 2.75) is 30.3 Å². The van der Waals surface area contributed by atoms with E-state index >= 15 is 0 Å². The first-order valence-corrected chi connectivity index (χ1v) is 10.4. The molecule has 1 aromatic heterocycles. The SMILES string of the molecule is CS(=O)(=O)c1ccc(-c2ncc3c(n2)C[C@H](C2CCNCC2)O3)cc1. The fourth-order valence-electron chi connectivity index (χ4n) is 3.52. The Hall–Kier alpha value is -1.99. The first-order chi connectivity index (χ1) is 12.0. The lowest BCUT2D eigenvalue weighted by Gasteiger charge is -2.27. The van der Waals surface area contributed by atoms with Crippen LogP contribution in [0.25, 0.3) is 11.4 Å².